The van der Waals surface area contributed by atoms with Crippen LogP contribution in [0.1, 0.15) is 12.5 Å². The fraction of sp³-hybridized carbons (Fsp3) is 0.172. The molecule has 4 rings (SSSR count). The Morgan fingerprint density at radius 1 is 0.927 bits per heavy atom. The molecule has 4 amide bonds. The lowest BCUT2D eigenvalue weighted by Crippen LogP contribution is -2.36. The van der Waals surface area contributed by atoms with Crippen molar-refractivity contribution in [2.75, 3.05) is 37.5 Å². The normalized spacial score (nSPS) is 13.7. The van der Waals surface area contributed by atoms with Crippen molar-refractivity contribution >= 4 is 63.8 Å². The highest BCUT2D eigenvalue weighted by Gasteiger charge is 2.36. The predicted octanol–water partition coefficient (Wildman–Crippen LogP) is 5.44. The molecule has 1 aliphatic heterocycles. The second-order valence-corrected chi connectivity index (χ2v) is 9.96. The van der Waals surface area contributed by atoms with Crippen LogP contribution in [0.3, 0.4) is 0 Å². The smallest absolute Gasteiger partial charge is 0.294 e. The molecule has 1 aliphatic rings. The van der Waals surface area contributed by atoms with E-state index in [0.29, 0.717) is 45.8 Å². The van der Waals surface area contributed by atoms with Crippen LogP contribution in [-0.4, -0.2) is 54.7 Å². The molecule has 0 spiro atoms. The van der Waals surface area contributed by atoms with Crippen LogP contribution in [0.15, 0.2) is 71.6 Å². The van der Waals surface area contributed by atoms with Gasteiger partial charge in [-0.1, -0.05) is 23.7 Å². The van der Waals surface area contributed by atoms with Gasteiger partial charge >= 0.3 is 0 Å². The number of carbonyl (C=O) groups is 4. The fourth-order valence-corrected chi connectivity index (χ4v) is 4.74. The zero-order valence-electron chi connectivity index (χ0n) is 22.1. The first-order chi connectivity index (χ1) is 19.7. The van der Waals surface area contributed by atoms with Gasteiger partial charge in [-0.25, -0.2) is 0 Å². The largest absolute Gasteiger partial charge is 0.497 e. The van der Waals surface area contributed by atoms with E-state index in [2.05, 4.69) is 10.6 Å². The van der Waals surface area contributed by atoms with Crippen molar-refractivity contribution in [2.24, 2.45) is 0 Å². The molecule has 212 valence electrons. The number of rotatable bonds is 11. The van der Waals surface area contributed by atoms with Gasteiger partial charge in [0, 0.05) is 16.4 Å². The Morgan fingerprint density at radius 2 is 1.68 bits per heavy atom. The molecule has 0 atom stereocenters. The van der Waals surface area contributed by atoms with Crippen LogP contribution in [0.2, 0.25) is 5.02 Å². The van der Waals surface area contributed by atoms with Crippen molar-refractivity contribution < 1.29 is 33.4 Å². The van der Waals surface area contributed by atoms with E-state index in [1.165, 1.54) is 13.2 Å². The molecule has 0 aromatic heterocycles. The third-order valence-corrected chi connectivity index (χ3v) is 6.72. The van der Waals surface area contributed by atoms with Crippen LogP contribution < -0.4 is 24.8 Å². The summed E-state index contributed by atoms with van der Waals surface area (Å²) in [7, 11) is 1.53. The zero-order chi connectivity index (χ0) is 29.4. The van der Waals surface area contributed by atoms with Crippen LogP contribution in [0.5, 0.6) is 17.2 Å². The highest BCUT2D eigenvalue weighted by Crippen LogP contribution is 2.34. The van der Waals surface area contributed by atoms with E-state index in [0.717, 1.165) is 16.7 Å². The highest BCUT2D eigenvalue weighted by atomic mass is 35.5. The Bertz CT molecular complexity index is 1490. The van der Waals surface area contributed by atoms with Gasteiger partial charge in [0.15, 0.2) is 18.1 Å². The number of ether oxygens (including phenoxy) is 3. The quantitative estimate of drug-likeness (QED) is 0.281. The second kappa shape index (κ2) is 13.7. The van der Waals surface area contributed by atoms with Crippen molar-refractivity contribution in [3.05, 3.63) is 82.2 Å². The molecule has 0 bridgehead atoms. The number of methoxy groups -OCH3 is 1. The van der Waals surface area contributed by atoms with Crippen LogP contribution in [0.25, 0.3) is 6.08 Å². The number of thioether (sulfide) groups is 1. The maximum absolute atomic E-state index is 12.9. The molecule has 1 fully saturated rings. The Hall–Kier alpha value is -4.48. The Balaban J connectivity index is 1.39. The van der Waals surface area contributed by atoms with E-state index in [1.807, 2.05) is 0 Å². The number of nitrogens with one attached hydrogen (secondary N) is 2. The van der Waals surface area contributed by atoms with E-state index in [1.54, 1.807) is 73.7 Å². The molecule has 12 heteroatoms. The van der Waals surface area contributed by atoms with E-state index in [4.69, 9.17) is 25.8 Å². The van der Waals surface area contributed by atoms with Crippen molar-refractivity contribution in [1.82, 2.24) is 4.90 Å². The van der Waals surface area contributed by atoms with Crippen molar-refractivity contribution in [1.29, 1.82) is 0 Å². The zero-order valence-corrected chi connectivity index (χ0v) is 23.7. The lowest BCUT2D eigenvalue weighted by atomic mass is 10.2. The van der Waals surface area contributed by atoms with Gasteiger partial charge in [-0.05, 0) is 84.9 Å². The van der Waals surface area contributed by atoms with Gasteiger partial charge in [0.1, 0.15) is 12.3 Å². The van der Waals surface area contributed by atoms with Crippen LogP contribution in [0, 0.1) is 0 Å². The summed E-state index contributed by atoms with van der Waals surface area (Å²) in [5, 5.41) is 5.29. The molecule has 1 saturated heterocycles. The number of hydrogen-bond donors (Lipinski definition) is 2. The summed E-state index contributed by atoms with van der Waals surface area (Å²) in [5.41, 5.74) is 1.61. The number of hydrogen-bond acceptors (Lipinski definition) is 8. The molecular formula is C29H26ClN3O7S. The minimum atomic E-state index is -0.583. The molecule has 0 saturated carbocycles. The van der Waals surface area contributed by atoms with Crippen LogP contribution in [0.4, 0.5) is 16.2 Å². The number of anilines is 2. The van der Waals surface area contributed by atoms with Crippen LogP contribution in [-0.2, 0) is 14.4 Å². The van der Waals surface area contributed by atoms with Gasteiger partial charge in [0.25, 0.3) is 17.1 Å². The fourth-order valence-electron chi connectivity index (χ4n) is 3.71. The number of imide groups is 1. The molecule has 0 aliphatic carbocycles. The average Bonchev–Trinajstić information content (AvgIpc) is 3.20. The summed E-state index contributed by atoms with van der Waals surface area (Å²) in [5.74, 6) is -0.170. The van der Waals surface area contributed by atoms with E-state index < -0.39 is 23.6 Å². The van der Waals surface area contributed by atoms with E-state index >= 15 is 0 Å². The third kappa shape index (κ3) is 8.03. The maximum atomic E-state index is 12.9. The third-order valence-electron chi connectivity index (χ3n) is 5.58. The average molecular weight is 596 g/mol. The molecular weight excluding hydrogens is 570 g/mol. The standard InChI is InChI=1S/C29H26ClN3O7S/c1-3-39-24-13-18(7-12-23(24)40-17-27(35)32-21-6-4-5-19(30)15-21)14-25-28(36)33(29(37)41-25)16-26(34)31-20-8-10-22(38-2)11-9-20/h4-15H,3,16-17H2,1-2H3,(H,31,34)(H,32,35)/b25-14+. The van der Waals surface area contributed by atoms with Gasteiger partial charge in [-0.2, -0.15) is 0 Å². The summed E-state index contributed by atoms with van der Waals surface area (Å²) in [6.07, 6.45) is 1.53. The van der Waals surface area contributed by atoms with Gasteiger partial charge in [0.2, 0.25) is 5.91 Å². The summed E-state index contributed by atoms with van der Waals surface area (Å²) in [6.45, 7) is 1.42. The van der Waals surface area contributed by atoms with Crippen molar-refractivity contribution in [3.63, 3.8) is 0 Å². The van der Waals surface area contributed by atoms with Crippen molar-refractivity contribution in [3.8, 4) is 17.2 Å². The Morgan fingerprint density at radius 3 is 2.39 bits per heavy atom. The molecule has 3 aromatic rings. The minimum absolute atomic E-state index is 0.157. The lowest BCUT2D eigenvalue weighted by molar-refractivity contribution is -0.127. The first-order valence-corrected chi connectivity index (χ1v) is 13.6. The van der Waals surface area contributed by atoms with E-state index in [-0.39, 0.29) is 17.4 Å². The predicted molar refractivity (Wildman–Crippen MR) is 157 cm³/mol. The number of benzene rings is 3. The first kappa shape index (κ1) is 29.5. The number of nitrogens with zero attached hydrogens (tertiary/aromatic N) is 1. The monoisotopic (exact) mass is 595 g/mol. The number of halogens is 1. The molecule has 41 heavy (non-hydrogen) atoms. The minimum Gasteiger partial charge on any atom is -0.497 e. The molecule has 0 radical (unpaired) electrons. The lowest BCUT2D eigenvalue weighted by Gasteiger charge is -2.13. The summed E-state index contributed by atoms with van der Waals surface area (Å²) < 4.78 is 16.4. The summed E-state index contributed by atoms with van der Waals surface area (Å²) >= 11 is 6.69. The molecule has 3 aromatic carbocycles. The summed E-state index contributed by atoms with van der Waals surface area (Å²) in [6, 6.07) is 18.3. The molecule has 2 N–H and O–H groups in total. The van der Waals surface area contributed by atoms with Gasteiger partial charge < -0.3 is 24.8 Å². The van der Waals surface area contributed by atoms with Gasteiger partial charge in [-0.15, -0.1) is 0 Å². The van der Waals surface area contributed by atoms with Gasteiger partial charge in [0.05, 0.1) is 18.6 Å². The van der Waals surface area contributed by atoms with Crippen molar-refractivity contribution in [2.45, 2.75) is 6.92 Å². The molecule has 1 heterocycles. The summed E-state index contributed by atoms with van der Waals surface area (Å²) in [4.78, 5) is 51.3. The Kier molecular flexibility index (Phi) is 9.88. The van der Waals surface area contributed by atoms with Crippen LogP contribution >= 0.6 is 23.4 Å². The molecule has 10 nitrogen and oxygen atoms in total. The highest BCUT2D eigenvalue weighted by molar-refractivity contribution is 8.18. The number of carbonyl (C=O) groups excluding carboxylic acids is 4. The maximum Gasteiger partial charge on any atom is 0.294 e. The SMILES string of the molecule is CCOc1cc(/C=C2/SC(=O)N(CC(=O)Nc3ccc(OC)cc3)C2=O)ccc1OCC(=O)Nc1cccc(Cl)c1. The topological polar surface area (TPSA) is 123 Å². The molecule has 0 unspecified atom stereocenters. The Labute approximate surface area is 245 Å². The van der Waals surface area contributed by atoms with E-state index in [9.17, 15) is 19.2 Å². The first-order valence-electron chi connectivity index (χ1n) is 12.4. The second-order valence-electron chi connectivity index (χ2n) is 8.53. The van der Waals surface area contributed by atoms with Gasteiger partial charge in [-0.3, -0.25) is 24.1 Å². The number of amides is 4.